The number of carbonyl (C=O) groups excluding carboxylic acids is 1. The van der Waals surface area contributed by atoms with Crippen LogP contribution in [0.4, 0.5) is 5.13 Å². The fourth-order valence-electron chi connectivity index (χ4n) is 2.01. The zero-order valence-electron chi connectivity index (χ0n) is 13.2. The van der Waals surface area contributed by atoms with E-state index in [1.807, 2.05) is 31.2 Å². The summed E-state index contributed by atoms with van der Waals surface area (Å²) in [4.78, 5) is 13.8. The van der Waals surface area contributed by atoms with E-state index < -0.39 is 0 Å². The molecule has 118 valence electrons. The lowest BCUT2D eigenvalue weighted by Crippen LogP contribution is -2.31. The van der Waals surface area contributed by atoms with Crippen LogP contribution in [-0.2, 0) is 4.79 Å². The van der Waals surface area contributed by atoms with Crippen molar-refractivity contribution in [2.45, 2.75) is 33.1 Å². The van der Waals surface area contributed by atoms with E-state index in [1.54, 1.807) is 12.0 Å². The quantitative estimate of drug-likeness (QED) is 0.780. The summed E-state index contributed by atoms with van der Waals surface area (Å²) in [6.07, 6.45) is 2.47. The van der Waals surface area contributed by atoms with Gasteiger partial charge in [0.05, 0.1) is 7.11 Å². The predicted octanol–water partition coefficient (Wildman–Crippen LogP) is 3.76. The van der Waals surface area contributed by atoms with Gasteiger partial charge in [0.2, 0.25) is 11.0 Å². The third-order valence-electron chi connectivity index (χ3n) is 3.32. The van der Waals surface area contributed by atoms with Crippen molar-refractivity contribution in [2.75, 3.05) is 18.6 Å². The van der Waals surface area contributed by atoms with Crippen LogP contribution in [0.2, 0.25) is 0 Å². The fourth-order valence-corrected chi connectivity index (χ4v) is 2.90. The Labute approximate surface area is 134 Å². The molecule has 0 N–H and O–H groups in total. The fraction of sp³-hybridized carbons (Fsp3) is 0.438. The summed E-state index contributed by atoms with van der Waals surface area (Å²) in [6, 6.07) is 7.67. The van der Waals surface area contributed by atoms with Gasteiger partial charge in [-0.05, 0) is 30.7 Å². The first-order valence-corrected chi connectivity index (χ1v) is 8.29. The number of unbranched alkanes of at least 4 members (excludes halogenated alkanes) is 1. The van der Waals surface area contributed by atoms with Crippen LogP contribution in [0.3, 0.4) is 0 Å². The van der Waals surface area contributed by atoms with Gasteiger partial charge in [0, 0.05) is 18.5 Å². The molecule has 1 aromatic carbocycles. The van der Waals surface area contributed by atoms with Gasteiger partial charge in [-0.3, -0.25) is 9.69 Å². The average Bonchev–Trinajstić information content (AvgIpc) is 3.04. The molecule has 5 nitrogen and oxygen atoms in total. The molecule has 1 amide bonds. The van der Waals surface area contributed by atoms with E-state index in [4.69, 9.17) is 4.74 Å². The normalized spacial score (nSPS) is 10.5. The molecule has 0 atom stereocenters. The number of anilines is 1. The van der Waals surface area contributed by atoms with Crippen molar-refractivity contribution in [2.24, 2.45) is 0 Å². The summed E-state index contributed by atoms with van der Waals surface area (Å²) in [5.74, 6) is 0.894. The molecule has 0 bridgehead atoms. The maximum atomic E-state index is 12.1. The Morgan fingerprint density at radius 1 is 1.23 bits per heavy atom. The summed E-state index contributed by atoms with van der Waals surface area (Å²) < 4.78 is 5.15. The molecule has 0 spiro atoms. The van der Waals surface area contributed by atoms with Crippen molar-refractivity contribution in [3.63, 3.8) is 0 Å². The highest BCUT2D eigenvalue weighted by atomic mass is 32.1. The molecule has 0 unspecified atom stereocenters. The number of aromatic nitrogens is 2. The van der Waals surface area contributed by atoms with Crippen molar-refractivity contribution < 1.29 is 9.53 Å². The van der Waals surface area contributed by atoms with Crippen molar-refractivity contribution in [3.05, 3.63) is 24.3 Å². The molecule has 0 radical (unpaired) electrons. The maximum absolute atomic E-state index is 12.1. The Bertz CT molecular complexity index is 610. The second kappa shape index (κ2) is 7.89. The van der Waals surface area contributed by atoms with Crippen LogP contribution in [0.5, 0.6) is 5.75 Å². The molecule has 1 aromatic heterocycles. The molecular formula is C16H21N3O2S. The van der Waals surface area contributed by atoms with Crippen molar-refractivity contribution >= 4 is 22.4 Å². The minimum absolute atomic E-state index is 0.0888. The number of benzene rings is 1. The van der Waals surface area contributed by atoms with Gasteiger partial charge < -0.3 is 4.74 Å². The summed E-state index contributed by atoms with van der Waals surface area (Å²) in [6.45, 7) is 4.67. The lowest BCUT2D eigenvalue weighted by Gasteiger charge is -2.17. The lowest BCUT2D eigenvalue weighted by atomic mass is 10.2. The minimum Gasteiger partial charge on any atom is -0.497 e. The van der Waals surface area contributed by atoms with E-state index in [0.717, 1.165) is 29.2 Å². The third kappa shape index (κ3) is 3.82. The number of ether oxygens (including phenoxy) is 1. The monoisotopic (exact) mass is 319 g/mol. The largest absolute Gasteiger partial charge is 0.497 e. The van der Waals surface area contributed by atoms with E-state index >= 15 is 0 Å². The van der Waals surface area contributed by atoms with Crippen LogP contribution in [0.25, 0.3) is 10.6 Å². The average molecular weight is 319 g/mol. The molecule has 6 heteroatoms. The molecule has 0 aliphatic rings. The number of methoxy groups -OCH3 is 1. The van der Waals surface area contributed by atoms with Gasteiger partial charge in [0.1, 0.15) is 10.8 Å². The number of nitrogens with zero attached hydrogens (tertiary/aromatic N) is 3. The highest BCUT2D eigenvalue weighted by molar-refractivity contribution is 7.18. The van der Waals surface area contributed by atoms with Crippen LogP contribution in [0.1, 0.15) is 33.1 Å². The summed E-state index contributed by atoms with van der Waals surface area (Å²) in [5, 5.41) is 9.90. The van der Waals surface area contributed by atoms with Gasteiger partial charge in [0.25, 0.3) is 0 Å². The Morgan fingerprint density at radius 2 is 1.95 bits per heavy atom. The lowest BCUT2D eigenvalue weighted by molar-refractivity contribution is -0.118. The van der Waals surface area contributed by atoms with E-state index in [-0.39, 0.29) is 5.91 Å². The molecule has 0 saturated carbocycles. The molecule has 0 saturated heterocycles. The Hall–Kier alpha value is -1.95. The Morgan fingerprint density at radius 3 is 2.55 bits per heavy atom. The maximum Gasteiger partial charge on any atom is 0.228 e. The highest BCUT2D eigenvalue weighted by Crippen LogP contribution is 2.30. The zero-order chi connectivity index (χ0) is 15.9. The van der Waals surface area contributed by atoms with Crippen LogP contribution in [0.15, 0.2) is 24.3 Å². The van der Waals surface area contributed by atoms with E-state index in [2.05, 4.69) is 17.1 Å². The summed E-state index contributed by atoms with van der Waals surface area (Å²) in [7, 11) is 1.64. The van der Waals surface area contributed by atoms with Gasteiger partial charge in [-0.15, -0.1) is 10.2 Å². The standard InChI is InChI=1S/C16H21N3O2S/c1-4-6-11-19(14(20)5-2)16-18-17-15(22-16)12-7-9-13(21-3)10-8-12/h7-10H,4-6,11H2,1-3H3. The topological polar surface area (TPSA) is 55.3 Å². The molecule has 2 rings (SSSR count). The number of hydrogen-bond donors (Lipinski definition) is 0. The molecule has 0 fully saturated rings. The van der Waals surface area contributed by atoms with Gasteiger partial charge in [-0.1, -0.05) is 31.6 Å². The number of rotatable bonds is 7. The summed E-state index contributed by atoms with van der Waals surface area (Å²) >= 11 is 1.44. The van der Waals surface area contributed by atoms with Gasteiger partial charge in [0.15, 0.2) is 0 Å². The first kappa shape index (κ1) is 16.4. The second-order valence-corrected chi connectivity index (χ2v) is 5.83. The number of hydrogen-bond acceptors (Lipinski definition) is 5. The molecule has 22 heavy (non-hydrogen) atoms. The van der Waals surface area contributed by atoms with Crippen LogP contribution < -0.4 is 9.64 Å². The van der Waals surface area contributed by atoms with Crippen LogP contribution >= 0.6 is 11.3 Å². The Kier molecular flexibility index (Phi) is 5.89. The van der Waals surface area contributed by atoms with E-state index in [1.165, 1.54) is 11.3 Å². The van der Waals surface area contributed by atoms with Crippen molar-refractivity contribution in [1.82, 2.24) is 10.2 Å². The first-order chi connectivity index (χ1) is 10.7. The molecule has 0 aliphatic heterocycles. The van der Waals surface area contributed by atoms with E-state index in [0.29, 0.717) is 18.1 Å². The SMILES string of the molecule is CCCCN(C(=O)CC)c1nnc(-c2ccc(OC)cc2)s1. The smallest absolute Gasteiger partial charge is 0.228 e. The van der Waals surface area contributed by atoms with Gasteiger partial charge >= 0.3 is 0 Å². The Balaban J connectivity index is 2.21. The first-order valence-electron chi connectivity index (χ1n) is 7.47. The van der Waals surface area contributed by atoms with Gasteiger partial charge in [-0.2, -0.15) is 0 Å². The molecule has 0 aliphatic carbocycles. The van der Waals surface area contributed by atoms with Crippen LogP contribution in [-0.4, -0.2) is 29.8 Å². The number of carbonyl (C=O) groups is 1. The van der Waals surface area contributed by atoms with Crippen molar-refractivity contribution in [3.8, 4) is 16.3 Å². The molecule has 1 heterocycles. The number of amides is 1. The molecule has 2 aromatic rings. The highest BCUT2D eigenvalue weighted by Gasteiger charge is 2.18. The third-order valence-corrected chi connectivity index (χ3v) is 4.32. The summed E-state index contributed by atoms with van der Waals surface area (Å²) in [5.41, 5.74) is 0.976. The van der Waals surface area contributed by atoms with Gasteiger partial charge in [-0.25, -0.2) is 0 Å². The zero-order valence-corrected chi connectivity index (χ0v) is 14.0. The minimum atomic E-state index is 0.0888. The molecular weight excluding hydrogens is 298 g/mol. The van der Waals surface area contributed by atoms with Crippen LogP contribution in [0, 0.1) is 0 Å². The van der Waals surface area contributed by atoms with Crippen molar-refractivity contribution in [1.29, 1.82) is 0 Å². The second-order valence-electron chi connectivity index (χ2n) is 4.87. The predicted molar refractivity (Wildman–Crippen MR) is 89.4 cm³/mol. The van der Waals surface area contributed by atoms with E-state index in [9.17, 15) is 4.79 Å².